The zero-order valence-electron chi connectivity index (χ0n) is 14.1. The summed E-state index contributed by atoms with van der Waals surface area (Å²) in [7, 11) is 1.71. The molecule has 0 aliphatic heterocycles. The van der Waals surface area contributed by atoms with Crippen LogP contribution in [0, 0.1) is 11.3 Å². The Kier molecular flexibility index (Phi) is 5.09. The van der Waals surface area contributed by atoms with Gasteiger partial charge in [0.25, 0.3) is 0 Å². The summed E-state index contributed by atoms with van der Waals surface area (Å²) in [6.45, 7) is 6.31. The number of amides is 1. The van der Waals surface area contributed by atoms with Crippen molar-refractivity contribution in [2.24, 2.45) is 11.3 Å². The van der Waals surface area contributed by atoms with E-state index in [2.05, 4.69) is 26.1 Å². The second kappa shape index (κ2) is 6.71. The van der Waals surface area contributed by atoms with Gasteiger partial charge in [0.2, 0.25) is 5.91 Å². The van der Waals surface area contributed by atoms with Crippen molar-refractivity contribution in [2.45, 2.75) is 45.8 Å². The van der Waals surface area contributed by atoms with Gasteiger partial charge >= 0.3 is 5.97 Å². The third-order valence-electron chi connectivity index (χ3n) is 4.95. The van der Waals surface area contributed by atoms with Crippen LogP contribution < -0.4 is 5.32 Å². The third-order valence-corrected chi connectivity index (χ3v) is 4.95. The maximum Gasteiger partial charge on any atom is 0.335 e. The normalized spacial score (nSPS) is 25.5. The number of carbonyl (C=O) groups excluding carboxylic acids is 1. The van der Waals surface area contributed by atoms with E-state index in [4.69, 9.17) is 9.84 Å². The fourth-order valence-corrected chi connectivity index (χ4v) is 3.74. The van der Waals surface area contributed by atoms with Crippen molar-refractivity contribution >= 4 is 11.9 Å². The van der Waals surface area contributed by atoms with Gasteiger partial charge in [0, 0.05) is 30.9 Å². The maximum atomic E-state index is 12.2. The Morgan fingerprint density at radius 1 is 1.26 bits per heavy atom. The van der Waals surface area contributed by atoms with Crippen LogP contribution in [-0.2, 0) is 16.0 Å². The molecule has 5 nitrogen and oxygen atoms in total. The average Bonchev–Trinajstić information content (AvgIpc) is 2.51. The molecule has 3 unspecified atom stereocenters. The molecular weight excluding hydrogens is 294 g/mol. The minimum Gasteiger partial charge on any atom is -0.478 e. The molecule has 0 spiro atoms. The van der Waals surface area contributed by atoms with Crippen LogP contribution in [0.15, 0.2) is 24.3 Å². The van der Waals surface area contributed by atoms with Crippen LogP contribution >= 0.6 is 0 Å². The maximum absolute atomic E-state index is 12.2. The quantitative estimate of drug-likeness (QED) is 0.844. The molecule has 0 bridgehead atoms. The van der Waals surface area contributed by atoms with Crippen LogP contribution in [0.4, 0.5) is 0 Å². The molecule has 3 atom stereocenters. The number of rotatable bonds is 6. The Labute approximate surface area is 137 Å². The summed E-state index contributed by atoms with van der Waals surface area (Å²) >= 11 is 0. The molecule has 0 radical (unpaired) electrons. The fraction of sp³-hybridized carbons (Fsp3) is 0.556. The van der Waals surface area contributed by atoms with Gasteiger partial charge in [-0.3, -0.25) is 4.79 Å². The lowest BCUT2D eigenvalue weighted by atomic mass is 9.58. The summed E-state index contributed by atoms with van der Waals surface area (Å²) in [6.07, 6.45) is 1.15. The van der Waals surface area contributed by atoms with E-state index in [1.165, 1.54) is 0 Å². The Balaban J connectivity index is 1.85. The van der Waals surface area contributed by atoms with Crippen LogP contribution in [0.25, 0.3) is 0 Å². The lowest BCUT2D eigenvalue weighted by Crippen LogP contribution is -2.67. The molecule has 1 aromatic carbocycles. The number of benzene rings is 1. The van der Waals surface area contributed by atoms with Crippen LogP contribution in [0.5, 0.6) is 0 Å². The minimum absolute atomic E-state index is 0.0202. The largest absolute Gasteiger partial charge is 0.478 e. The van der Waals surface area contributed by atoms with E-state index in [0.29, 0.717) is 18.8 Å². The van der Waals surface area contributed by atoms with E-state index in [1.54, 1.807) is 31.4 Å². The highest BCUT2D eigenvalue weighted by Gasteiger charge is 2.55. The molecule has 1 fully saturated rings. The number of hydrogen-bond acceptors (Lipinski definition) is 3. The lowest BCUT2D eigenvalue weighted by Gasteiger charge is -2.56. The van der Waals surface area contributed by atoms with Gasteiger partial charge in [0.05, 0.1) is 11.7 Å². The molecule has 1 aliphatic rings. The molecule has 1 aromatic rings. The summed E-state index contributed by atoms with van der Waals surface area (Å²) in [5, 5.41) is 12.0. The molecular formula is C18H25NO4. The number of aromatic carboxylic acids is 1. The summed E-state index contributed by atoms with van der Waals surface area (Å²) in [5.41, 5.74) is 1.15. The van der Waals surface area contributed by atoms with E-state index < -0.39 is 5.97 Å². The van der Waals surface area contributed by atoms with Crippen molar-refractivity contribution in [1.82, 2.24) is 5.32 Å². The average molecular weight is 319 g/mol. The first-order chi connectivity index (χ1) is 10.8. The Hall–Kier alpha value is -1.88. The van der Waals surface area contributed by atoms with Crippen molar-refractivity contribution in [2.75, 3.05) is 7.11 Å². The summed E-state index contributed by atoms with van der Waals surface area (Å²) < 4.78 is 5.49. The summed E-state index contributed by atoms with van der Waals surface area (Å²) in [5.74, 6) is -0.621. The first-order valence-electron chi connectivity index (χ1n) is 7.91. The SMILES string of the molecule is COC1C(C)C(NC(=O)CCc2ccc(C(=O)O)cc2)C1(C)C. The predicted molar refractivity (Wildman–Crippen MR) is 87.4 cm³/mol. The Morgan fingerprint density at radius 3 is 2.35 bits per heavy atom. The molecule has 0 aromatic heterocycles. The van der Waals surface area contributed by atoms with Crippen molar-refractivity contribution in [3.05, 3.63) is 35.4 Å². The van der Waals surface area contributed by atoms with Crippen LogP contribution in [0.2, 0.25) is 0 Å². The van der Waals surface area contributed by atoms with Gasteiger partial charge in [0.1, 0.15) is 0 Å². The molecule has 2 rings (SSSR count). The Bertz CT molecular complexity index is 579. The van der Waals surface area contributed by atoms with Gasteiger partial charge < -0.3 is 15.2 Å². The van der Waals surface area contributed by atoms with Gasteiger partial charge in [-0.1, -0.05) is 32.9 Å². The number of ether oxygens (including phenoxy) is 1. The second-order valence-corrected chi connectivity index (χ2v) is 6.88. The predicted octanol–water partition coefficient (Wildman–Crippen LogP) is 2.49. The highest BCUT2D eigenvalue weighted by atomic mass is 16.5. The number of carbonyl (C=O) groups is 2. The highest BCUT2D eigenvalue weighted by Crippen LogP contribution is 2.46. The van der Waals surface area contributed by atoms with Crippen LogP contribution in [0.1, 0.15) is 43.1 Å². The molecule has 1 aliphatic carbocycles. The van der Waals surface area contributed by atoms with Crippen LogP contribution in [0.3, 0.4) is 0 Å². The number of hydrogen-bond donors (Lipinski definition) is 2. The molecule has 0 heterocycles. The fourth-order valence-electron chi connectivity index (χ4n) is 3.74. The molecule has 0 saturated heterocycles. The van der Waals surface area contributed by atoms with Crippen molar-refractivity contribution in [3.8, 4) is 0 Å². The molecule has 1 amide bonds. The van der Waals surface area contributed by atoms with E-state index in [9.17, 15) is 9.59 Å². The van der Waals surface area contributed by atoms with Gasteiger partial charge in [-0.15, -0.1) is 0 Å². The van der Waals surface area contributed by atoms with E-state index in [1.807, 2.05) is 0 Å². The molecule has 126 valence electrons. The topological polar surface area (TPSA) is 75.6 Å². The molecule has 1 saturated carbocycles. The third kappa shape index (κ3) is 3.55. The van der Waals surface area contributed by atoms with Crippen molar-refractivity contribution in [3.63, 3.8) is 0 Å². The molecule has 2 N–H and O–H groups in total. The van der Waals surface area contributed by atoms with Crippen molar-refractivity contribution in [1.29, 1.82) is 0 Å². The monoisotopic (exact) mass is 319 g/mol. The minimum atomic E-state index is -0.941. The van der Waals surface area contributed by atoms with E-state index >= 15 is 0 Å². The van der Waals surface area contributed by atoms with Gasteiger partial charge in [-0.25, -0.2) is 4.79 Å². The van der Waals surface area contributed by atoms with Gasteiger partial charge in [0.15, 0.2) is 0 Å². The van der Waals surface area contributed by atoms with Crippen LogP contribution in [-0.4, -0.2) is 36.2 Å². The standard InChI is InChI=1S/C18H25NO4/c1-11-15(18(2,3)16(11)23-4)19-14(20)10-7-12-5-8-13(9-6-12)17(21)22/h5-6,8-9,11,15-16H,7,10H2,1-4H3,(H,19,20)(H,21,22). The number of carboxylic acids is 1. The number of nitrogens with one attached hydrogen (secondary N) is 1. The van der Waals surface area contributed by atoms with Crippen molar-refractivity contribution < 1.29 is 19.4 Å². The first-order valence-corrected chi connectivity index (χ1v) is 7.91. The molecule has 5 heteroatoms. The van der Waals surface area contributed by atoms with E-state index in [-0.39, 0.29) is 29.0 Å². The summed E-state index contributed by atoms with van der Waals surface area (Å²) in [6, 6.07) is 6.77. The highest BCUT2D eigenvalue weighted by molar-refractivity contribution is 5.87. The summed E-state index contributed by atoms with van der Waals surface area (Å²) in [4.78, 5) is 23.0. The lowest BCUT2D eigenvalue weighted by molar-refractivity contribution is -0.154. The second-order valence-electron chi connectivity index (χ2n) is 6.88. The van der Waals surface area contributed by atoms with E-state index in [0.717, 1.165) is 5.56 Å². The number of methoxy groups -OCH3 is 1. The van der Waals surface area contributed by atoms with Gasteiger partial charge in [-0.05, 0) is 24.1 Å². The smallest absolute Gasteiger partial charge is 0.335 e. The zero-order valence-corrected chi connectivity index (χ0v) is 14.1. The van der Waals surface area contributed by atoms with Gasteiger partial charge in [-0.2, -0.15) is 0 Å². The zero-order chi connectivity index (χ0) is 17.2. The first kappa shape index (κ1) is 17.5. The number of carboxylic acid groups (broad SMARTS) is 1. The number of aryl methyl sites for hydroxylation is 1. The molecule has 23 heavy (non-hydrogen) atoms. The Morgan fingerprint density at radius 2 is 1.87 bits per heavy atom.